The SMILES string of the molecule is CC[C@@H](C(=O)Nc1cccc(C(=O)OC)c1C)N(c1ccccc1)S(C)(=O)=O. The highest BCUT2D eigenvalue weighted by Crippen LogP contribution is 2.24. The van der Waals surface area contributed by atoms with Gasteiger partial charge in [-0.1, -0.05) is 31.2 Å². The molecule has 2 aromatic carbocycles. The number of methoxy groups -OCH3 is 1. The Labute approximate surface area is 165 Å². The summed E-state index contributed by atoms with van der Waals surface area (Å²) in [5, 5.41) is 2.75. The van der Waals surface area contributed by atoms with E-state index in [0.29, 0.717) is 22.5 Å². The molecule has 7 nitrogen and oxygen atoms in total. The average Bonchev–Trinajstić information content (AvgIpc) is 2.66. The Morgan fingerprint density at radius 2 is 1.75 bits per heavy atom. The first-order valence-electron chi connectivity index (χ1n) is 8.74. The molecule has 0 aliphatic heterocycles. The van der Waals surface area contributed by atoms with Gasteiger partial charge in [0, 0.05) is 5.69 Å². The largest absolute Gasteiger partial charge is 0.465 e. The zero-order valence-electron chi connectivity index (χ0n) is 16.3. The Balaban J connectivity index is 2.39. The topological polar surface area (TPSA) is 92.8 Å². The van der Waals surface area contributed by atoms with Gasteiger partial charge in [-0.2, -0.15) is 0 Å². The van der Waals surface area contributed by atoms with E-state index in [1.165, 1.54) is 7.11 Å². The third-order valence-electron chi connectivity index (χ3n) is 4.34. The molecule has 0 heterocycles. The van der Waals surface area contributed by atoms with Crippen molar-refractivity contribution >= 4 is 33.3 Å². The van der Waals surface area contributed by atoms with Gasteiger partial charge < -0.3 is 10.1 Å². The van der Waals surface area contributed by atoms with Crippen molar-refractivity contribution in [2.45, 2.75) is 26.3 Å². The summed E-state index contributed by atoms with van der Waals surface area (Å²) in [5.74, 6) is -0.996. The molecule has 0 aromatic heterocycles. The first-order valence-corrected chi connectivity index (χ1v) is 10.6. The molecule has 150 valence electrons. The number of para-hydroxylation sites is 1. The second-order valence-corrected chi connectivity index (χ2v) is 8.14. The lowest BCUT2D eigenvalue weighted by atomic mass is 10.1. The Morgan fingerprint density at radius 3 is 2.29 bits per heavy atom. The lowest BCUT2D eigenvalue weighted by molar-refractivity contribution is -0.117. The van der Waals surface area contributed by atoms with Crippen LogP contribution in [0.4, 0.5) is 11.4 Å². The molecular weight excluding hydrogens is 380 g/mol. The molecule has 0 unspecified atom stereocenters. The number of carbonyl (C=O) groups is 2. The number of nitrogens with zero attached hydrogens (tertiary/aromatic N) is 1. The molecule has 0 bridgehead atoms. The maximum atomic E-state index is 13.0. The van der Waals surface area contributed by atoms with Crippen LogP contribution in [0.1, 0.15) is 29.3 Å². The second-order valence-electron chi connectivity index (χ2n) is 6.28. The number of benzene rings is 2. The average molecular weight is 404 g/mol. The van der Waals surface area contributed by atoms with Crippen LogP contribution in [-0.2, 0) is 19.6 Å². The summed E-state index contributed by atoms with van der Waals surface area (Å²) in [6.45, 7) is 3.43. The number of hydrogen-bond acceptors (Lipinski definition) is 5. The van der Waals surface area contributed by atoms with Crippen LogP contribution < -0.4 is 9.62 Å². The zero-order chi connectivity index (χ0) is 20.9. The third-order valence-corrected chi connectivity index (χ3v) is 5.52. The van der Waals surface area contributed by atoms with Crippen molar-refractivity contribution in [1.29, 1.82) is 0 Å². The fourth-order valence-corrected chi connectivity index (χ4v) is 4.17. The minimum absolute atomic E-state index is 0.267. The second kappa shape index (κ2) is 8.88. The molecule has 28 heavy (non-hydrogen) atoms. The van der Waals surface area contributed by atoms with Gasteiger partial charge in [-0.15, -0.1) is 0 Å². The number of amides is 1. The van der Waals surface area contributed by atoms with E-state index in [9.17, 15) is 18.0 Å². The summed E-state index contributed by atoms with van der Waals surface area (Å²) in [6, 6.07) is 12.4. The number of sulfonamides is 1. The maximum absolute atomic E-state index is 13.0. The summed E-state index contributed by atoms with van der Waals surface area (Å²) in [6.07, 6.45) is 1.34. The van der Waals surface area contributed by atoms with Crippen LogP contribution in [0.25, 0.3) is 0 Å². The van der Waals surface area contributed by atoms with E-state index in [-0.39, 0.29) is 6.42 Å². The van der Waals surface area contributed by atoms with E-state index in [1.54, 1.807) is 62.4 Å². The van der Waals surface area contributed by atoms with Crippen LogP contribution in [0.15, 0.2) is 48.5 Å². The highest BCUT2D eigenvalue weighted by atomic mass is 32.2. The van der Waals surface area contributed by atoms with Crippen molar-refractivity contribution in [3.05, 3.63) is 59.7 Å². The molecule has 0 radical (unpaired) electrons. The van der Waals surface area contributed by atoms with E-state index < -0.39 is 27.9 Å². The standard InChI is InChI=1S/C20H24N2O5S/c1-5-18(22(28(4,25)26)15-10-7-6-8-11-15)19(23)21-17-13-9-12-16(14(17)2)20(24)27-3/h6-13,18H,5H2,1-4H3,(H,21,23)/t18-/m0/s1. The molecule has 1 N–H and O–H groups in total. The van der Waals surface area contributed by atoms with E-state index in [0.717, 1.165) is 10.6 Å². The first-order chi connectivity index (χ1) is 13.2. The number of rotatable bonds is 7. The molecule has 0 aliphatic carbocycles. The lowest BCUT2D eigenvalue weighted by Gasteiger charge is -2.30. The Kier molecular flexibility index (Phi) is 6.80. The van der Waals surface area contributed by atoms with Crippen LogP contribution in [0.5, 0.6) is 0 Å². The zero-order valence-corrected chi connectivity index (χ0v) is 17.1. The summed E-state index contributed by atoms with van der Waals surface area (Å²) in [5.41, 5.74) is 1.71. The summed E-state index contributed by atoms with van der Waals surface area (Å²) < 4.78 is 30.7. The molecule has 0 saturated carbocycles. The number of ether oxygens (including phenoxy) is 1. The molecule has 2 rings (SSSR count). The summed E-state index contributed by atoms with van der Waals surface area (Å²) >= 11 is 0. The smallest absolute Gasteiger partial charge is 0.338 e. The van der Waals surface area contributed by atoms with Gasteiger partial charge in [-0.25, -0.2) is 13.2 Å². The number of esters is 1. The van der Waals surface area contributed by atoms with Crippen molar-refractivity contribution in [3.63, 3.8) is 0 Å². The molecule has 2 aromatic rings. The molecule has 0 saturated heterocycles. The van der Waals surface area contributed by atoms with E-state index in [2.05, 4.69) is 5.32 Å². The predicted octanol–water partition coefficient (Wildman–Crippen LogP) is 2.96. The monoisotopic (exact) mass is 404 g/mol. The lowest BCUT2D eigenvalue weighted by Crippen LogP contribution is -2.47. The highest BCUT2D eigenvalue weighted by molar-refractivity contribution is 7.92. The van der Waals surface area contributed by atoms with Gasteiger partial charge in [0.25, 0.3) is 0 Å². The van der Waals surface area contributed by atoms with Crippen LogP contribution >= 0.6 is 0 Å². The fraction of sp³-hybridized carbons (Fsp3) is 0.300. The van der Waals surface area contributed by atoms with E-state index in [1.807, 2.05) is 0 Å². The summed E-state index contributed by atoms with van der Waals surface area (Å²) in [4.78, 5) is 24.8. The van der Waals surface area contributed by atoms with Crippen molar-refractivity contribution in [1.82, 2.24) is 0 Å². The van der Waals surface area contributed by atoms with Crippen molar-refractivity contribution in [3.8, 4) is 0 Å². The number of anilines is 2. The number of nitrogens with one attached hydrogen (secondary N) is 1. The first kappa shape index (κ1) is 21.4. The van der Waals surface area contributed by atoms with Gasteiger partial charge in [0.1, 0.15) is 6.04 Å². The number of carbonyl (C=O) groups excluding carboxylic acids is 2. The van der Waals surface area contributed by atoms with Gasteiger partial charge in [0.15, 0.2) is 0 Å². The molecule has 8 heteroatoms. The molecular formula is C20H24N2O5S. The Hall–Kier alpha value is -2.87. The van der Waals surface area contributed by atoms with Gasteiger partial charge in [-0.05, 0) is 43.2 Å². The van der Waals surface area contributed by atoms with Crippen LogP contribution in [0.2, 0.25) is 0 Å². The molecule has 0 aliphatic rings. The molecule has 1 amide bonds. The Bertz CT molecular complexity index is 958. The van der Waals surface area contributed by atoms with Crippen LogP contribution in [-0.4, -0.2) is 39.7 Å². The number of hydrogen-bond donors (Lipinski definition) is 1. The molecule has 0 spiro atoms. The summed E-state index contributed by atoms with van der Waals surface area (Å²) in [7, 11) is -2.42. The quantitative estimate of drug-likeness (QED) is 0.716. The van der Waals surface area contributed by atoms with E-state index in [4.69, 9.17) is 4.74 Å². The predicted molar refractivity (Wildman–Crippen MR) is 109 cm³/mol. The van der Waals surface area contributed by atoms with E-state index >= 15 is 0 Å². The van der Waals surface area contributed by atoms with Gasteiger partial charge in [0.2, 0.25) is 15.9 Å². The van der Waals surface area contributed by atoms with Crippen molar-refractivity contribution in [2.24, 2.45) is 0 Å². The Morgan fingerprint density at radius 1 is 1.11 bits per heavy atom. The maximum Gasteiger partial charge on any atom is 0.338 e. The van der Waals surface area contributed by atoms with Gasteiger partial charge >= 0.3 is 5.97 Å². The fourth-order valence-electron chi connectivity index (χ4n) is 2.95. The van der Waals surface area contributed by atoms with Crippen LogP contribution in [0, 0.1) is 6.92 Å². The highest BCUT2D eigenvalue weighted by Gasteiger charge is 2.31. The molecule has 0 fully saturated rings. The molecule has 1 atom stereocenters. The van der Waals surface area contributed by atoms with Gasteiger partial charge in [0.05, 0.1) is 24.6 Å². The normalized spacial score (nSPS) is 12.1. The van der Waals surface area contributed by atoms with Crippen molar-refractivity contribution in [2.75, 3.05) is 23.0 Å². The third kappa shape index (κ3) is 4.69. The van der Waals surface area contributed by atoms with Gasteiger partial charge in [-0.3, -0.25) is 9.10 Å². The van der Waals surface area contributed by atoms with Crippen LogP contribution in [0.3, 0.4) is 0 Å². The minimum Gasteiger partial charge on any atom is -0.465 e. The van der Waals surface area contributed by atoms with Crippen molar-refractivity contribution < 1.29 is 22.7 Å². The minimum atomic E-state index is -3.70.